The Bertz CT molecular complexity index is 1290. The van der Waals surface area contributed by atoms with Crippen molar-refractivity contribution in [2.45, 2.75) is 31.6 Å². The number of nitrogen functional groups attached to an aromatic ring is 1. The van der Waals surface area contributed by atoms with Gasteiger partial charge in [-0.25, -0.2) is 9.97 Å². The van der Waals surface area contributed by atoms with Crippen LogP contribution in [0.25, 0.3) is 11.0 Å². The van der Waals surface area contributed by atoms with E-state index < -0.39 is 24.2 Å². The Morgan fingerprint density at radius 2 is 2.03 bits per heavy atom. The van der Waals surface area contributed by atoms with Crippen molar-refractivity contribution in [2.24, 2.45) is 11.7 Å². The minimum Gasteiger partial charge on any atom is -0.390 e. The first-order valence-corrected chi connectivity index (χ1v) is 10.8. The summed E-state index contributed by atoms with van der Waals surface area (Å²) in [4.78, 5) is 33.4. The molecule has 0 aliphatic heterocycles. The van der Waals surface area contributed by atoms with Crippen LogP contribution in [0.3, 0.4) is 0 Å². The molecule has 10 nitrogen and oxygen atoms in total. The number of anilines is 1. The maximum absolute atomic E-state index is 12.2. The molecule has 2 amide bonds. The van der Waals surface area contributed by atoms with Crippen molar-refractivity contribution >= 4 is 28.7 Å². The minimum atomic E-state index is -1.03. The van der Waals surface area contributed by atoms with E-state index in [9.17, 15) is 19.8 Å². The summed E-state index contributed by atoms with van der Waals surface area (Å²) >= 11 is 0. The Balaban J connectivity index is 1.48. The SMILES string of the molecule is CC(=O)N(CC#Cc1cccc(C(N)=O)c1)C[C@H]1C[C@@H](n2ccc3c(N)ncnc32)[C@H](O)[C@@H]1O. The molecule has 4 atom stereocenters. The van der Waals surface area contributed by atoms with Crippen LogP contribution < -0.4 is 11.5 Å². The fourth-order valence-corrected chi connectivity index (χ4v) is 4.39. The van der Waals surface area contributed by atoms with E-state index in [0.717, 1.165) is 0 Å². The summed E-state index contributed by atoms with van der Waals surface area (Å²) in [5.41, 5.74) is 12.8. The topological polar surface area (TPSA) is 161 Å². The number of hydrogen-bond acceptors (Lipinski definition) is 7. The maximum Gasteiger partial charge on any atom is 0.248 e. The number of nitrogens with two attached hydrogens (primary N) is 2. The van der Waals surface area contributed by atoms with Gasteiger partial charge in [0.25, 0.3) is 0 Å². The van der Waals surface area contributed by atoms with Crippen molar-refractivity contribution in [3.05, 3.63) is 54.0 Å². The van der Waals surface area contributed by atoms with Crippen LogP contribution in [0.15, 0.2) is 42.9 Å². The zero-order valence-corrected chi connectivity index (χ0v) is 18.6. The first kappa shape index (κ1) is 23.2. The van der Waals surface area contributed by atoms with Crippen molar-refractivity contribution in [1.82, 2.24) is 19.4 Å². The average Bonchev–Trinajstić information content (AvgIpc) is 3.35. The van der Waals surface area contributed by atoms with E-state index in [4.69, 9.17) is 11.5 Å². The number of hydrogen-bond donors (Lipinski definition) is 4. The van der Waals surface area contributed by atoms with Gasteiger partial charge in [0.15, 0.2) is 0 Å². The van der Waals surface area contributed by atoms with Crippen molar-refractivity contribution < 1.29 is 19.8 Å². The normalized spacial score (nSPS) is 21.7. The molecule has 0 radical (unpaired) electrons. The van der Waals surface area contributed by atoms with Gasteiger partial charge in [-0.2, -0.15) is 0 Å². The molecule has 3 aromatic rings. The molecule has 2 heterocycles. The van der Waals surface area contributed by atoms with Gasteiger partial charge in [0.1, 0.15) is 23.9 Å². The molecule has 34 heavy (non-hydrogen) atoms. The average molecular weight is 463 g/mol. The molecule has 6 N–H and O–H groups in total. The standard InChI is InChI=1S/C24H26N6O4/c1-14(31)29(8-3-5-15-4-2-6-16(10-15)23(26)34)12-17-11-19(21(33)20(17)32)30-9-7-18-22(25)27-13-28-24(18)30/h2,4,6-7,9-10,13,17,19-21,32-33H,8,11-12H2,1H3,(H2,26,34)(H2,25,27,28)/t17-,19-,20-,21+/m1/s1. The van der Waals surface area contributed by atoms with Gasteiger partial charge >= 0.3 is 0 Å². The Kier molecular flexibility index (Phi) is 6.49. The van der Waals surface area contributed by atoms with Crippen LogP contribution in [-0.4, -0.2) is 66.8 Å². The molecule has 176 valence electrons. The van der Waals surface area contributed by atoms with Crippen molar-refractivity contribution in [2.75, 3.05) is 18.8 Å². The van der Waals surface area contributed by atoms with Gasteiger partial charge in [0.2, 0.25) is 11.8 Å². The summed E-state index contributed by atoms with van der Waals surface area (Å²) in [6.07, 6.45) is 1.51. The van der Waals surface area contributed by atoms with Gasteiger partial charge in [-0.15, -0.1) is 0 Å². The van der Waals surface area contributed by atoms with Gasteiger partial charge in [0.05, 0.1) is 24.1 Å². The Morgan fingerprint density at radius 3 is 2.76 bits per heavy atom. The lowest BCUT2D eigenvalue weighted by Crippen LogP contribution is -2.38. The van der Waals surface area contributed by atoms with Gasteiger partial charge in [0, 0.05) is 36.7 Å². The third-order valence-corrected chi connectivity index (χ3v) is 6.22. The smallest absolute Gasteiger partial charge is 0.248 e. The third-order valence-electron chi connectivity index (χ3n) is 6.22. The number of primary amides is 1. The number of nitrogens with zero attached hydrogens (tertiary/aromatic N) is 4. The van der Waals surface area contributed by atoms with Crippen LogP contribution >= 0.6 is 0 Å². The van der Waals surface area contributed by atoms with Crippen molar-refractivity contribution in [3.8, 4) is 11.8 Å². The first-order chi connectivity index (χ1) is 16.3. The van der Waals surface area contributed by atoms with Gasteiger partial charge in [-0.05, 0) is 30.7 Å². The highest BCUT2D eigenvalue weighted by Crippen LogP contribution is 2.38. The number of carbonyl (C=O) groups is 2. The van der Waals surface area contributed by atoms with Crippen LogP contribution in [0, 0.1) is 17.8 Å². The molecular weight excluding hydrogens is 436 g/mol. The molecule has 1 fully saturated rings. The lowest BCUT2D eigenvalue weighted by Gasteiger charge is -2.24. The second-order valence-corrected chi connectivity index (χ2v) is 8.41. The van der Waals surface area contributed by atoms with E-state index in [1.54, 1.807) is 41.1 Å². The van der Waals surface area contributed by atoms with Crippen LogP contribution in [0.1, 0.15) is 35.3 Å². The van der Waals surface area contributed by atoms with Crippen LogP contribution in [0.5, 0.6) is 0 Å². The molecular formula is C24H26N6O4. The molecule has 0 bridgehead atoms. The summed E-state index contributed by atoms with van der Waals surface area (Å²) in [5.74, 6) is 5.12. The number of carbonyl (C=O) groups excluding carboxylic acids is 2. The van der Waals surface area contributed by atoms with Crippen molar-refractivity contribution in [3.63, 3.8) is 0 Å². The number of aliphatic hydroxyl groups is 2. The molecule has 0 unspecified atom stereocenters. The summed E-state index contributed by atoms with van der Waals surface area (Å²) < 4.78 is 1.80. The molecule has 2 aromatic heterocycles. The number of fused-ring (bicyclic) bond motifs is 1. The Labute approximate surface area is 196 Å². The largest absolute Gasteiger partial charge is 0.390 e. The molecule has 4 rings (SSSR count). The zero-order valence-electron chi connectivity index (χ0n) is 18.6. The summed E-state index contributed by atoms with van der Waals surface area (Å²) in [5, 5.41) is 22.2. The third kappa shape index (κ3) is 4.57. The maximum atomic E-state index is 12.2. The molecule has 10 heteroatoms. The Morgan fingerprint density at radius 1 is 1.24 bits per heavy atom. The number of aromatic nitrogens is 3. The van der Waals surface area contributed by atoms with Gasteiger partial charge in [-0.1, -0.05) is 17.9 Å². The number of benzene rings is 1. The van der Waals surface area contributed by atoms with E-state index in [2.05, 4.69) is 21.8 Å². The lowest BCUT2D eigenvalue weighted by atomic mass is 10.0. The van der Waals surface area contributed by atoms with Crippen LogP contribution in [-0.2, 0) is 4.79 Å². The monoisotopic (exact) mass is 462 g/mol. The quantitative estimate of drug-likeness (QED) is 0.396. The van der Waals surface area contributed by atoms with Crippen molar-refractivity contribution in [1.29, 1.82) is 0 Å². The van der Waals surface area contributed by atoms with E-state index in [-0.39, 0.29) is 24.9 Å². The molecule has 0 spiro atoms. The molecule has 1 saturated carbocycles. The molecule has 1 aliphatic carbocycles. The Hall–Kier alpha value is -3.94. The summed E-state index contributed by atoms with van der Waals surface area (Å²) in [7, 11) is 0. The van der Waals surface area contributed by atoms with Crippen LogP contribution in [0.2, 0.25) is 0 Å². The van der Waals surface area contributed by atoms with Gasteiger partial charge in [-0.3, -0.25) is 9.59 Å². The summed E-state index contributed by atoms with van der Waals surface area (Å²) in [6, 6.07) is 7.98. The highest BCUT2D eigenvalue weighted by Gasteiger charge is 2.43. The van der Waals surface area contributed by atoms with E-state index in [0.29, 0.717) is 34.4 Å². The number of rotatable bonds is 5. The first-order valence-electron chi connectivity index (χ1n) is 10.8. The fourth-order valence-electron chi connectivity index (χ4n) is 4.39. The predicted molar refractivity (Wildman–Crippen MR) is 125 cm³/mol. The fraction of sp³-hybridized carbons (Fsp3) is 0.333. The second kappa shape index (κ2) is 9.51. The second-order valence-electron chi connectivity index (χ2n) is 8.41. The highest BCUT2D eigenvalue weighted by atomic mass is 16.3. The molecule has 0 saturated heterocycles. The minimum absolute atomic E-state index is 0.135. The van der Waals surface area contributed by atoms with E-state index >= 15 is 0 Å². The number of amides is 2. The van der Waals surface area contributed by atoms with E-state index in [1.165, 1.54) is 18.2 Å². The van der Waals surface area contributed by atoms with Gasteiger partial charge < -0.3 is 31.1 Å². The van der Waals surface area contributed by atoms with E-state index in [1.807, 2.05) is 0 Å². The molecule has 1 aliphatic rings. The lowest BCUT2D eigenvalue weighted by molar-refractivity contribution is -0.129. The number of aliphatic hydroxyl groups excluding tert-OH is 2. The van der Waals surface area contributed by atoms with Crippen LogP contribution in [0.4, 0.5) is 5.82 Å². The molecule has 1 aromatic carbocycles. The summed E-state index contributed by atoms with van der Waals surface area (Å²) in [6.45, 7) is 1.80. The highest BCUT2D eigenvalue weighted by molar-refractivity contribution is 5.93. The zero-order chi connectivity index (χ0) is 24.4. The predicted octanol–water partition coefficient (Wildman–Crippen LogP) is 0.295.